The summed E-state index contributed by atoms with van der Waals surface area (Å²) in [6.07, 6.45) is 0.578. The molecule has 1 atom stereocenters. The quantitative estimate of drug-likeness (QED) is 0.887. The number of amides is 1. The fourth-order valence-electron chi connectivity index (χ4n) is 3.58. The minimum Gasteiger partial charge on any atom is -0.493 e. The molecular formula is C19H21N5O3. The first-order valence-corrected chi connectivity index (χ1v) is 8.70. The van der Waals surface area contributed by atoms with Gasteiger partial charge in [0.15, 0.2) is 11.5 Å². The summed E-state index contributed by atoms with van der Waals surface area (Å²) in [5, 5.41) is 2.87. The lowest BCUT2D eigenvalue weighted by molar-refractivity contribution is -0.121. The molecule has 8 heteroatoms. The van der Waals surface area contributed by atoms with Crippen molar-refractivity contribution >= 4 is 17.8 Å². The van der Waals surface area contributed by atoms with E-state index in [1.807, 2.05) is 36.9 Å². The standard InChI is InChI=1S/C19H21N5O3/c1-10-5-11(2)21-18(20-10)23-19-22-17(25)14-6-12-7-15(26-3)16(27-4)8-13(12)9-24(14)19/h5,7-8,14H,6,9H2,1-4H3,(H,20,21,22,23,25)/t14-/m1/s1. The average molecular weight is 367 g/mol. The van der Waals surface area contributed by atoms with Crippen LogP contribution in [-0.2, 0) is 17.8 Å². The van der Waals surface area contributed by atoms with Gasteiger partial charge in [-0.1, -0.05) is 0 Å². The molecule has 0 radical (unpaired) electrons. The van der Waals surface area contributed by atoms with Crippen LogP contribution in [0.3, 0.4) is 0 Å². The molecule has 4 rings (SSSR count). The van der Waals surface area contributed by atoms with E-state index in [0.29, 0.717) is 36.4 Å². The predicted octanol–water partition coefficient (Wildman–Crippen LogP) is 1.65. The van der Waals surface area contributed by atoms with E-state index in [1.165, 1.54) is 0 Å². The molecule has 1 aromatic carbocycles. The summed E-state index contributed by atoms with van der Waals surface area (Å²) < 4.78 is 10.8. The molecule has 2 aliphatic rings. The third-order valence-electron chi connectivity index (χ3n) is 4.82. The number of guanidine groups is 1. The third kappa shape index (κ3) is 3.07. The average Bonchev–Trinajstić information content (AvgIpc) is 2.92. The van der Waals surface area contributed by atoms with Gasteiger partial charge in [-0.3, -0.25) is 10.1 Å². The molecule has 3 heterocycles. The molecule has 0 saturated carbocycles. The molecule has 2 aromatic rings. The lowest BCUT2D eigenvalue weighted by Crippen LogP contribution is -2.40. The Balaban J connectivity index is 1.71. The molecule has 0 bridgehead atoms. The zero-order chi connectivity index (χ0) is 19.1. The maximum absolute atomic E-state index is 12.5. The molecular weight excluding hydrogens is 346 g/mol. The molecule has 0 aliphatic carbocycles. The van der Waals surface area contributed by atoms with Crippen LogP contribution < -0.4 is 14.8 Å². The summed E-state index contributed by atoms with van der Waals surface area (Å²) in [6, 6.07) is 5.48. The summed E-state index contributed by atoms with van der Waals surface area (Å²) in [4.78, 5) is 27.6. The Labute approximate surface area is 157 Å². The number of nitrogens with one attached hydrogen (secondary N) is 1. The minimum atomic E-state index is -0.305. The van der Waals surface area contributed by atoms with Crippen LogP contribution in [0.5, 0.6) is 11.5 Å². The Morgan fingerprint density at radius 2 is 1.70 bits per heavy atom. The molecule has 2 aliphatic heterocycles. The van der Waals surface area contributed by atoms with Crippen molar-refractivity contribution in [2.75, 3.05) is 14.2 Å². The van der Waals surface area contributed by atoms with Gasteiger partial charge in [-0.2, -0.15) is 4.99 Å². The number of nitrogens with zero attached hydrogens (tertiary/aromatic N) is 4. The van der Waals surface area contributed by atoms with Crippen LogP contribution in [0.25, 0.3) is 0 Å². The number of aromatic nitrogens is 2. The van der Waals surface area contributed by atoms with Gasteiger partial charge in [-0.05, 0) is 43.2 Å². The van der Waals surface area contributed by atoms with Crippen molar-refractivity contribution < 1.29 is 14.3 Å². The number of aliphatic imine (C=N–C) groups is 1. The van der Waals surface area contributed by atoms with Crippen LogP contribution in [0.4, 0.5) is 5.95 Å². The van der Waals surface area contributed by atoms with Crippen molar-refractivity contribution in [1.29, 1.82) is 0 Å². The van der Waals surface area contributed by atoms with E-state index in [2.05, 4.69) is 20.3 Å². The highest BCUT2D eigenvalue weighted by atomic mass is 16.5. The Hall–Kier alpha value is -3.16. The first kappa shape index (κ1) is 17.3. The van der Waals surface area contributed by atoms with Crippen LogP contribution >= 0.6 is 0 Å². The van der Waals surface area contributed by atoms with Crippen LogP contribution in [0.1, 0.15) is 22.5 Å². The van der Waals surface area contributed by atoms with Crippen molar-refractivity contribution in [3.8, 4) is 11.5 Å². The first-order chi connectivity index (χ1) is 13.0. The largest absolute Gasteiger partial charge is 0.493 e. The minimum absolute atomic E-state index is 0.0708. The topological polar surface area (TPSA) is 88.9 Å². The van der Waals surface area contributed by atoms with Gasteiger partial charge in [-0.25, -0.2) is 9.97 Å². The van der Waals surface area contributed by atoms with Gasteiger partial charge in [0.2, 0.25) is 11.9 Å². The molecule has 8 nitrogen and oxygen atoms in total. The monoisotopic (exact) mass is 367 g/mol. The number of rotatable bonds is 3. The van der Waals surface area contributed by atoms with E-state index in [4.69, 9.17) is 9.47 Å². The Kier molecular flexibility index (Phi) is 4.18. The summed E-state index contributed by atoms with van der Waals surface area (Å²) in [5.41, 5.74) is 3.83. The van der Waals surface area contributed by atoms with Crippen molar-refractivity contribution in [3.05, 3.63) is 40.7 Å². The number of methoxy groups -OCH3 is 2. The Morgan fingerprint density at radius 3 is 2.33 bits per heavy atom. The second-order valence-electron chi connectivity index (χ2n) is 6.70. The number of fused-ring (bicyclic) bond motifs is 2. The molecule has 140 valence electrons. The number of ether oxygens (including phenoxy) is 2. The number of carbonyl (C=O) groups excluding carboxylic acids is 1. The molecule has 0 spiro atoms. The van der Waals surface area contributed by atoms with E-state index < -0.39 is 0 Å². The molecule has 27 heavy (non-hydrogen) atoms. The maximum Gasteiger partial charge on any atom is 0.253 e. The van der Waals surface area contributed by atoms with Crippen LogP contribution in [0, 0.1) is 13.8 Å². The van der Waals surface area contributed by atoms with Gasteiger partial charge in [0, 0.05) is 24.4 Å². The third-order valence-corrected chi connectivity index (χ3v) is 4.82. The highest BCUT2D eigenvalue weighted by molar-refractivity contribution is 6.07. The second kappa shape index (κ2) is 6.53. The van der Waals surface area contributed by atoms with Crippen molar-refractivity contribution in [1.82, 2.24) is 20.2 Å². The van der Waals surface area contributed by atoms with Crippen molar-refractivity contribution in [2.24, 2.45) is 4.99 Å². The molecule has 0 unspecified atom stereocenters. The van der Waals surface area contributed by atoms with Crippen molar-refractivity contribution in [2.45, 2.75) is 32.9 Å². The number of carbonyl (C=O) groups is 1. The Bertz CT molecular complexity index is 936. The number of aryl methyl sites for hydroxylation is 2. The van der Waals surface area contributed by atoms with E-state index in [1.54, 1.807) is 14.2 Å². The van der Waals surface area contributed by atoms with E-state index in [0.717, 1.165) is 22.5 Å². The van der Waals surface area contributed by atoms with Gasteiger partial charge < -0.3 is 14.4 Å². The highest BCUT2D eigenvalue weighted by Gasteiger charge is 2.40. The normalized spacial score (nSPS) is 19.6. The predicted molar refractivity (Wildman–Crippen MR) is 99.3 cm³/mol. The fraction of sp³-hybridized carbons (Fsp3) is 0.368. The van der Waals surface area contributed by atoms with Gasteiger partial charge in [0.25, 0.3) is 5.95 Å². The number of hydrogen-bond acceptors (Lipinski definition) is 6. The fourth-order valence-corrected chi connectivity index (χ4v) is 3.58. The van der Waals surface area contributed by atoms with Crippen LogP contribution in [0.2, 0.25) is 0 Å². The second-order valence-corrected chi connectivity index (χ2v) is 6.70. The molecule has 1 fully saturated rings. The first-order valence-electron chi connectivity index (χ1n) is 8.70. The molecule has 1 aromatic heterocycles. The smallest absolute Gasteiger partial charge is 0.253 e. The van der Waals surface area contributed by atoms with Gasteiger partial charge in [0.1, 0.15) is 6.04 Å². The summed E-state index contributed by atoms with van der Waals surface area (Å²) >= 11 is 0. The molecule has 1 saturated heterocycles. The zero-order valence-electron chi connectivity index (χ0n) is 15.7. The van der Waals surface area contributed by atoms with Crippen LogP contribution in [0.15, 0.2) is 23.2 Å². The molecule has 1 amide bonds. The maximum atomic E-state index is 12.5. The lowest BCUT2D eigenvalue weighted by atomic mass is 9.94. The van der Waals surface area contributed by atoms with Gasteiger partial charge >= 0.3 is 0 Å². The zero-order valence-corrected chi connectivity index (χ0v) is 15.7. The highest BCUT2D eigenvalue weighted by Crippen LogP contribution is 2.35. The Morgan fingerprint density at radius 1 is 1.07 bits per heavy atom. The number of hydrogen-bond donors (Lipinski definition) is 1. The number of benzene rings is 1. The lowest BCUT2D eigenvalue weighted by Gasteiger charge is -2.31. The molecule has 1 N–H and O–H groups in total. The van der Waals surface area contributed by atoms with Crippen LogP contribution in [-0.4, -0.2) is 47.0 Å². The van der Waals surface area contributed by atoms with Gasteiger partial charge in [0.05, 0.1) is 14.2 Å². The van der Waals surface area contributed by atoms with Gasteiger partial charge in [-0.15, -0.1) is 0 Å². The van der Waals surface area contributed by atoms with Crippen molar-refractivity contribution in [3.63, 3.8) is 0 Å². The van der Waals surface area contributed by atoms with E-state index in [-0.39, 0.29) is 11.9 Å². The summed E-state index contributed by atoms with van der Waals surface area (Å²) in [7, 11) is 3.22. The summed E-state index contributed by atoms with van der Waals surface area (Å²) in [6.45, 7) is 4.33. The summed E-state index contributed by atoms with van der Waals surface area (Å²) in [5.74, 6) is 2.10. The van der Waals surface area contributed by atoms with E-state index >= 15 is 0 Å². The SMILES string of the molecule is COc1cc2c(cc1OC)CN1C(=Nc3nc(C)cc(C)n3)NC(=O)[C@H]1C2. The van der Waals surface area contributed by atoms with E-state index in [9.17, 15) is 4.79 Å².